The zero-order valence-corrected chi connectivity index (χ0v) is 18.3. The second kappa shape index (κ2) is 8.55. The van der Waals surface area contributed by atoms with E-state index in [2.05, 4.69) is 33.4 Å². The fourth-order valence-corrected chi connectivity index (χ4v) is 4.83. The summed E-state index contributed by atoms with van der Waals surface area (Å²) in [7, 11) is 0. The highest BCUT2D eigenvalue weighted by Gasteiger charge is 2.24. The summed E-state index contributed by atoms with van der Waals surface area (Å²) in [5.74, 6) is -0.701. The maximum Gasteiger partial charge on any atom is 0.341 e. The number of carbonyl (C=O) groups is 2. The van der Waals surface area contributed by atoms with Gasteiger partial charge in [-0.05, 0) is 77.4 Å². The molecule has 2 heterocycles. The Bertz CT molecular complexity index is 1070. The quantitative estimate of drug-likeness (QED) is 0.455. The van der Waals surface area contributed by atoms with Crippen LogP contribution in [0, 0.1) is 0 Å². The zero-order chi connectivity index (χ0) is 20.4. The number of rotatable bonds is 5. The highest BCUT2D eigenvalue weighted by Crippen LogP contribution is 2.38. The Morgan fingerprint density at radius 1 is 1.17 bits per heavy atom. The summed E-state index contributed by atoms with van der Waals surface area (Å²) in [6.45, 7) is 2.03. The standard InChI is InChI=1S/C22H20BrNO4S/c1-2-27-22(26)19-16(15-8-7-13-5-3-4-6-14(13)11-15)12-29-21(19)24-20(25)17-9-10-18(23)28-17/h7-12H,2-6H2,1H3,(H,24,25). The molecule has 0 atom stereocenters. The maximum absolute atomic E-state index is 12.7. The number of hydrogen-bond acceptors (Lipinski definition) is 5. The minimum atomic E-state index is -0.447. The summed E-state index contributed by atoms with van der Waals surface area (Å²) >= 11 is 4.50. The molecule has 0 aliphatic heterocycles. The Morgan fingerprint density at radius 3 is 2.69 bits per heavy atom. The third-order valence-electron chi connectivity index (χ3n) is 4.95. The highest BCUT2D eigenvalue weighted by molar-refractivity contribution is 9.10. The van der Waals surface area contributed by atoms with Crippen molar-refractivity contribution in [2.24, 2.45) is 0 Å². The van der Waals surface area contributed by atoms with Crippen molar-refractivity contribution < 1.29 is 18.7 Å². The number of nitrogens with one attached hydrogen (secondary N) is 1. The number of hydrogen-bond donors (Lipinski definition) is 1. The van der Waals surface area contributed by atoms with E-state index in [0.717, 1.165) is 24.0 Å². The predicted molar refractivity (Wildman–Crippen MR) is 117 cm³/mol. The van der Waals surface area contributed by atoms with Crippen molar-refractivity contribution in [3.63, 3.8) is 0 Å². The van der Waals surface area contributed by atoms with Gasteiger partial charge in [-0.15, -0.1) is 11.3 Å². The lowest BCUT2D eigenvalue weighted by molar-refractivity contribution is 0.0529. The molecule has 1 aromatic carbocycles. The second-order valence-electron chi connectivity index (χ2n) is 6.82. The van der Waals surface area contributed by atoms with E-state index in [9.17, 15) is 9.59 Å². The number of thiophene rings is 1. The Morgan fingerprint density at radius 2 is 1.97 bits per heavy atom. The van der Waals surface area contributed by atoms with E-state index in [4.69, 9.17) is 9.15 Å². The molecule has 0 spiro atoms. The first-order valence-corrected chi connectivity index (χ1v) is 11.2. The third kappa shape index (κ3) is 4.16. The van der Waals surface area contributed by atoms with Gasteiger partial charge in [-0.25, -0.2) is 4.79 Å². The summed E-state index contributed by atoms with van der Waals surface area (Å²) in [6.07, 6.45) is 4.56. The number of carbonyl (C=O) groups excluding carboxylic acids is 2. The molecule has 1 N–H and O–H groups in total. The average molecular weight is 474 g/mol. The fourth-order valence-electron chi connectivity index (χ4n) is 3.57. The van der Waals surface area contributed by atoms with Gasteiger partial charge < -0.3 is 14.5 Å². The molecule has 0 unspecified atom stereocenters. The van der Waals surface area contributed by atoms with Crippen LogP contribution in [-0.2, 0) is 17.6 Å². The molecule has 5 nitrogen and oxygen atoms in total. The Balaban J connectivity index is 1.71. The van der Waals surface area contributed by atoms with E-state index in [1.54, 1.807) is 19.1 Å². The van der Waals surface area contributed by atoms with Crippen molar-refractivity contribution in [3.05, 3.63) is 62.8 Å². The van der Waals surface area contributed by atoms with E-state index in [1.165, 1.54) is 35.3 Å². The van der Waals surface area contributed by atoms with Crippen LogP contribution < -0.4 is 5.32 Å². The number of ether oxygens (including phenoxy) is 1. The van der Waals surface area contributed by atoms with Gasteiger partial charge in [-0.3, -0.25) is 4.79 Å². The molecular weight excluding hydrogens is 454 g/mol. The van der Waals surface area contributed by atoms with Gasteiger partial charge in [0.15, 0.2) is 10.4 Å². The normalized spacial score (nSPS) is 13.0. The number of halogens is 1. The molecule has 0 saturated heterocycles. The topological polar surface area (TPSA) is 68.5 Å². The largest absolute Gasteiger partial charge is 0.462 e. The lowest BCUT2D eigenvalue weighted by Crippen LogP contribution is -2.14. The van der Waals surface area contributed by atoms with Crippen LogP contribution in [0.5, 0.6) is 0 Å². The predicted octanol–water partition coefficient (Wildman–Crippen LogP) is 6.08. The Labute approximate surface area is 181 Å². The number of anilines is 1. The molecule has 3 aromatic rings. The molecule has 1 aliphatic rings. The van der Waals surface area contributed by atoms with Crippen LogP contribution in [0.1, 0.15) is 51.8 Å². The first-order chi connectivity index (χ1) is 14.1. The number of fused-ring (bicyclic) bond motifs is 1. The van der Waals surface area contributed by atoms with Gasteiger partial charge in [-0.2, -0.15) is 0 Å². The molecule has 7 heteroatoms. The molecule has 2 aromatic heterocycles. The number of amides is 1. The summed E-state index contributed by atoms with van der Waals surface area (Å²) < 4.78 is 11.1. The number of esters is 1. The van der Waals surface area contributed by atoms with Crippen molar-refractivity contribution in [2.45, 2.75) is 32.6 Å². The van der Waals surface area contributed by atoms with Crippen molar-refractivity contribution in [1.29, 1.82) is 0 Å². The monoisotopic (exact) mass is 473 g/mol. The van der Waals surface area contributed by atoms with E-state index >= 15 is 0 Å². The number of furan rings is 1. The Kier molecular flexibility index (Phi) is 5.87. The van der Waals surface area contributed by atoms with Gasteiger partial charge in [0.1, 0.15) is 10.6 Å². The van der Waals surface area contributed by atoms with E-state index in [-0.39, 0.29) is 12.4 Å². The van der Waals surface area contributed by atoms with E-state index in [1.807, 2.05) is 11.4 Å². The smallest absolute Gasteiger partial charge is 0.341 e. The molecule has 29 heavy (non-hydrogen) atoms. The first kappa shape index (κ1) is 19.9. The summed E-state index contributed by atoms with van der Waals surface area (Å²) in [5.41, 5.74) is 4.83. The van der Waals surface area contributed by atoms with Gasteiger partial charge >= 0.3 is 5.97 Å². The van der Waals surface area contributed by atoms with E-state index in [0.29, 0.717) is 15.2 Å². The van der Waals surface area contributed by atoms with Crippen LogP contribution in [0.25, 0.3) is 11.1 Å². The van der Waals surface area contributed by atoms with Gasteiger partial charge in [0.2, 0.25) is 0 Å². The van der Waals surface area contributed by atoms with Gasteiger partial charge in [0, 0.05) is 10.9 Å². The molecule has 150 valence electrons. The maximum atomic E-state index is 12.7. The summed E-state index contributed by atoms with van der Waals surface area (Å²) in [5, 5.41) is 5.14. The van der Waals surface area contributed by atoms with Gasteiger partial charge in [0.25, 0.3) is 5.91 Å². The van der Waals surface area contributed by atoms with Crippen LogP contribution in [-0.4, -0.2) is 18.5 Å². The summed E-state index contributed by atoms with van der Waals surface area (Å²) in [4.78, 5) is 25.3. The lowest BCUT2D eigenvalue weighted by atomic mass is 9.89. The molecule has 0 bridgehead atoms. The second-order valence-corrected chi connectivity index (χ2v) is 8.48. The third-order valence-corrected chi connectivity index (χ3v) is 6.28. The van der Waals surface area contributed by atoms with Crippen molar-refractivity contribution in [3.8, 4) is 11.1 Å². The van der Waals surface area contributed by atoms with E-state index < -0.39 is 11.9 Å². The van der Waals surface area contributed by atoms with Crippen molar-refractivity contribution >= 4 is 44.1 Å². The van der Waals surface area contributed by atoms with Gasteiger partial charge in [-0.1, -0.05) is 18.2 Å². The zero-order valence-electron chi connectivity index (χ0n) is 15.9. The van der Waals surface area contributed by atoms with Crippen molar-refractivity contribution in [2.75, 3.05) is 11.9 Å². The molecule has 1 aliphatic carbocycles. The molecule has 1 amide bonds. The molecule has 0 fully saturated rings. The fraction of sp³-hybridized carbons (Fsp3) is 0.273. The molecular formula is C22H20BrNO4S. The van der Waals surface area contributed by atoms with Crippen LogP contribution in [0.15, 0.2) is 44.8 Å². The van der Waals surface area contributed by atoms with Crippen LogP contribution >= 0.6 is 27.3 Å². The minimum Gasteiger partial charge on any atom is -0.462 e. The number of benzene rings is 1. The minimum absolute atomic E-state index is 0.162. The SMILES string of the molecule is CCOC(=O)c1c(-c2ccc3c(c2)CCCC3)csc1NC(=O)c1ccc(Br)o1. The number of aryl methyl sites for hydroxylation is 2. The van der Waals surface area contributed by atoms with Crippen LogP contribution in [0.3, 0.4) is 0 Å². The van der Waals surface area contributed by atoms with Crippen LogP contribution in [0.4, 0.5) is 5.00 Å². The summed E-state index contributed by atoms with van der Waals surface area (Å²) in [6, 6.07) is 9.57. The van der Waals surface area contributed by atoms with Crippen LogP contribution in [0.2, 0.25) is 0 Å². The highest BCUT2D eigenvalue weighted by atomic mass is 79.9. The molecule has 0 saturated carbocycles. The lowest BCUT2D eigenvalue weighted by Gasteiger charge is -2.17. The van der Waals surface area contributed by atoms with Crippen molar-refractivity contribution in [1.82, 2.24) is 0 Å². The molecule has 4 rings (SSSR count). The van der Waals surface area contributed by atoms with Gasteiger partial charge in [0.05, 0.1) is 6.61 Å². The average Bonchev–Trinajstić information content (AvgIpc) is 3.34. The first-order valence-electron chi connectivity index (χ1n) is 9.54. The molecule has 0 radical (unpaired) electrons. The Hall–Kier alpha value is -2.38.